The van der Waals surface area contributed by atoms with Crippen LogP contribution in [0.2, 0.25) is 0 Å². The average Bonchev–Trinajstić information content (AvgIpc) is 3.53. The topological polar surface area (TPSA) is 102 Å². The Balaban J connectivity index is 1.74. The molecule has 1 aliphatic carbocycles. The van der Waals surface area contributed by atoms with Gasteiger partial charge in [0.15, 0.2) is 6.61 Å². The van der Waals surface area contributed by atoms with E-state index in [0.717, 1.165) is 32.1 Å². The highest BCUT2D eigenvalue weighted by molar-refractivity contribution is 7.89. The van der Waals surface area contributed by atoms with E-state index in [1.165, 1.54) is 16.4 Å². The number of anilines is 1. The molecule has 1 saturated carbocycles. The molecule has 2 fully saturated rings. The Hall–Kier alpha value is -2.13. The number of esters is 1. The third-order valence-corrected chi connectivity index (χ3v) is 6.64. The van der Waals surface area contributed by atoms with Crippen molar-refractivity contribution < 1.29 is 27.5 Å². The van der Waals surface area contributed by atoms with Crippen molar-refractivity contribution in [2.45, 2.75) is 43.9 Å². The number of nitrogens with zero attached hydrogens (tertiary/aromatic N) is 1. The van der Waals surface area contributed by atoms with Crippen molar-refractivity contribution in [3.63, 3.8) is 0 Å². The molecular weight excluding hydrogens is 384 g/mol. The summed E-state index contributed by atoms with van der Waals surface area (Å²) in [4.78, 5) is 23.6. The molecule has 1 aromatic carbocycles. The van der Waals surface area contributed by atoms with Crippen molar-refractivity contribution in [2.24, 2.45) is 5.92 Å². The monoisotopic (exact) mass is 410 g/mol. The maximum atomic E-state index is 13.1. The van der Waals surface area contributed by atoms with Crippen LogP contribution in [0, 0.1) is 5.92 Å². The van der Waals surface area contributed by atoms with Gasteiger partial charge < -0.3 is 14.8 Å². The second-order valence-corrected chi connectivity index (χ2v) is 8.90. The molecule has 0 unspecified atom stereocenters. The van der Waals surface area contributed by atoms with Crippen LogP contribution in [0.5, 0.6) is 5.75 Å². The van der Waals surface area contributed by atoms with Gasteiger partial charge >= 0.3 is 5.97 Å². The van der Waals surface area contributed by atoms with Crippen LogP contribution in [0.3, 0.4) is 0 Å². The van der Waals surface area contributed by atoms with Gasteiger partial charge in [0.25, 0.3) is 5.91 Å². The van der Waals surface area contributed by atoms with E-state index in [-0.39, 0.29) is 22.5 Å². The van der Waals surface area contributed by atoms with E-state index >= 15 is 0 Å². The van der Waals surface area contributed by atoms with Crippen LogP contribution in [-0.2, 0) is 24.3 Å². The molecule has 0 radical (unpaired) electrons. The average molecular weight is 410 g/mol. The lowest BCUT2D eigenvalue weighted by molar-refractivity contribution is -0.148. The van der Waals surface area contributed by atoms with Crippen molar-refractivity contribution in [3.05, 3.63) is 18.2 Å². The lowest BCUT2D eigenvalue weighted by atomic mass is 10.2. The lowest BCUT2D eigenvalue weighted by Crippen LogP contribution is -2.35. The second kappa shape index (κ2) is 8.91. The van der Waals surface area contributed by atoms with E-state index in [2.05, 4.69) is 5.32 Å². The van der Waals surface area contributed by atoms with Gasteiger partial charge in [-0.05, 0) is 50.8 Å². The molecule has 28 heavy (non-hydrogen) atoms. The zero-order valence-corrected chi connectivity index (χ0v) is 16.8. The molecule has 1 heterocycles. The Kier molecular flexibility index (Phi) is 6.56. The number of carbonyl (C=O) groups excluding carboxylic acids is 2. The minimum absolute atomic E-state index is 0.0315. The summed E-state index contributed by atoms with van der Waals surface area (Å²) in [5.74, 6) is -0.708. The first kappa shape index (κ1) is 20.6. The molecular formula is C19H26N2O6S. The molecule has 9 heteroatoms. The molecule has 8 nitrogen and oxygen atoms in total. The molecule has 1 aliphatic heterocycles. The van der Waals surface area contributed by atoms with E-state index < -0.39 is 22.5 Å². The fraction of sp³-hybridized carbons (Fsp3) is 0.579. The fourth-order valence-corrected chi connectivity index (χ4v) is 4.75. The SMILES string of the molecule is CCOc1ccc(NC(=O)COC(=O)C2CC2)cc1S(=O)(=O)N1CCCCC1. The maximum absolute atomic E-state index is 13.1. The van der Waals surface area contributed by atoms with Crippen LogP contribution in [-0.4, -0.2) is 50.9 Å². The Morgan fingerprint density at radius 3 is 2.54 bits per heavy atom. The van der Waals surface area contributed by atoms with Crippen LogP contribution in [0.15, 0.2) is 23.1 Å². The number of sulfonamides is 1. The predicted octanol–water partition coefficient (Wildman–Crippen LogP) is 2.15. The highest BCUT2D eigenvalue weighted by atomic mass is 32.2. The van der Waals surface area contributed by atoms with Crippen LogP contribution < -0.4 is 10.1 Å². The number of benzene rings is 1. The predicted molar refractivity (Wildman–Crippen MR) is 103 cm³/mol. The third kappa shape index (κ3) is 5.02. The van der Waals surface area contributed by atoms with Gasteiger partial charge in [0, 0.05) is 18.8 Å². The Morgan fingerprint density at radius 1 is 1.18 bits per heavy atom. The summed E-state index contributed by atoms with van der Waals surface area (Å²) in [7, 11) is -3.73. The van der Waals surface area contributed by atoms with E-state index in [1.807, 2.05) is 0 Å². The maximum Gasteiger partial charge on any atom is 0.309 e. The summed E-state index contributed by atoms with van der Waals surface area (Å²) >= 11 is 0. The molecule has 1 aromatic rings. The highest BCUT2D eigenvalue weighted by Gasteiger charge is 2.32. The van der Waals surface area contributed by atoms with Crippen molar-refractivity contribution >= 4 is 27.6 Å². The number of hydrogen-bond acceptors (Lipinski definition) is 6. The van der Waals surface area contributed by atoms with Crippen LogP contribution in [0.4, 0.5) is 5.69 Å². The number of nitrogens with one attached hydrogen (secondary N) is 1. The van der Waals surface area contributed by atoms with Gasteiger partial charge in [-0.25, -0.2) is 8.42 Å². The number of rotatable bonds is 8. The van der Waals surface area contributed by atoms with Crippen molar-refractivity contribution in [2.75, 3.05) is 31.6 Å². The number of piperidine rings is 1. The van der Waals surface area contributed by atoms with E-state index in [1.54, 1.807) is 13.0 Å². The molecule has 0 aromatic heterocycles. The Morgan fingerprint density at radius 2 is 1.89 bits per heavy atom. The fourth-order valence-electron chi connectivity index (χ4n) is 3.08. The normalized spacial score (nSPS) is 17.8. The quantitative estimate of drug-likeness (QED) is 0.659. The minimum Gasteiger partial charge on any atom is -0.492 e. The van der Waals surface area contributed by atoms with Gasteiger partial charge in [0.1, 0.15) is 10.6 Å². The molecule has 1 saturated heterocycles. The van der Waals surface area contributed by atoms with Crippen LogP contribution >= 0.6 is 0 Å². The van der Waals surface area contributed by atoms with Gasteiger partial charge in [-0.1, -0.05) is 6.42 Å². The number of ether oxygens (including phenoxy) is 2. The molecule has 0 atom stereocenters. The zero-order chi connectivity index (χ0) is 20.1. The molecule has 154 valence electrons. The molecule has 0 bridgehead atoms. The molecule has 0 spiro atoms. The molecule has 2 aliphatic rings. The third-order valence-electron chi connectivity index (χ3n) is 4.72. The standard InChI is InChI=1S/C19H26N2O6S/c1-2-26-16-9-8-15(20-18(22)13-27-19(23)14-6-7-14)12-17(16)28(24,25)21-10-4-3-5-11-21/h8-9,12,14H,2-7,10-11,13H2,1H3,(H,20,22). The summed E-state index contributed by atoms with van der Waals surface area (Å²) in [5, 5.41) is 2.59. The van der Waals surface area contributed by atoms with E-state index in [4.69, 9.17) is 9.47 Å². The summed E-state index contributed by atoms with van der Waals surface area (Å²) in [6.07, 6.45) is 4.27. The second-order valence-electron chi connectivity index (χ2n) is 6.99. The van der Waals surface area contributed by atoms with E-state index in [9.17, 15) is 18.0 Å². The first-order valence-electron chi connectivity index (χ1n) is 9.65. The van der Waals surface area contributed by atoms with E-state index in [0.29, 0.717) is 25.4 Å². The van der Waals surface area contributed by atoms with Crippen molar-refractivity contribution in [1.82, 2.24) is 4.31 Å². The molecule has 1 amide bonds. The molecule has 3 rings (SSSR count). The van der Waals surface area contributed by atoms with Crippen LogP contribution in [0.25, 0.3) is 0 Å². The van der Waals surface area contributed by atoms with Crippen molar-refractivity contribution in [1.29, 1.82) is 0 Å². The zero-order valence-electron chi connectivity index (χ0n) is 16.0. The molecule has 1 N–H and O–H groups in total. The first-order valence-corrected chi connectivity index (χ1v) is 11.1. The highest BCUT2D eigenvalue weighted by Crippen LogP contribution is 2.32. The van der Waals surface area contributed by atoms with Gasteiger partial charge in [-0.2, -0.15) is 4.31 Å². The van der Waals surface area contributed by atoms with Gasteiger partial charge in [-0.3, -0.25) is 9.59 Å². The van der Waals surface area contributed by atoms with Gasteiger partial charge in [0.2, 0.25) is 10.0 Å². The summed E-state index contributed by atoms with van der Waals surface area (Å²) in [6.45, 7) is 2.66. The summed E-state index contributed by atoms with van der Waals surface area (Å²) in [6, 6.07) is 4.50. The first-order chi connectivity index (χ1) is 13.4. The summed E-state index contributed by atoms with van der Waals surface area (Å²) in [5.41, 5.74) is 0.312. The Bertz CT molecular complexity index is 829. The minimum atomic E-state index is -3.73. The lowest BCUT2D eigenvalue weighted by Gasteiger charge is -2.27. The largest absolute Gasteiger partial charge is 0.492 e. The van der Waals surface area contributed by atoms with Gasteiger partial charge in [-0.15, -0.1) is 0 Å². The number of amides is 1. The van der Waals surface area contributed by atoms with Crippen molar-refractivity contribution in [3.8, 4) is 5.75 Å². The number of hydrogen-bond donors (Lipinski definition) is 1. The van der Waals surface area contributed by atoms with Gasteiger partial charge in [0.05, 0.1) is 12.5 Å². The number of carbonyl (C=O) groups is 2. The smallest absolute Gasteiger partial charge is 0.309 e. The summed E-state index contributed by atoms with van der Waals surface area (Å²) < 4.78 is 38.1. The Labute approximate surface area is 165 Å². The van der Waals surface area contributed by atoms with Crippen LogP contribution in [0.1, 0.15) is 39.0 Å².